The molecule has 0 bridgehead atoms. The predicted octanol–water partition coefficient (Wildman–Crippen LogP) is 1.32. The lowest BCUT2D eigenvalue weighted by Gasteiger charge is -2.00. The Kier molecular flexibility index (Phi) is 3.63. The summed E-state index contributed by atoms with van der Waals surface area (Å²) in [5, 5.41) is 8.58. The van der Waals surface area contributed by atoms with Crippen molar-refractivity contribution in [2.75, 3.05) is 0 Å². The first kappa shape index (κ1) is 10.7. The highest BCUT2D eigenvalue weighted by Crippen LogP contribution is 1.98. The molecule has 3 heteroatoms. The number of carbonyl (C=O) groups is 1. The maximum Gasteiger partial charge on any atom is 0.309 e. The molecule has 0 spiro atoms. The Balaban J connectivity index is 2.78. The fraction of sp³-hybridized carbons (Fsp3) is 0.455. The molecular formula is C11H16NO2+. The molecule has 0 aliphatic carbocycles. The normalized spacial score (nSPS) is 10.1. The zero-order valence-corrected chi connectivity index (χ0v) is 8.66. The van der Waals surface area contributed by atoms with E-state index in [0.29, 0.717) is 6.54 Å². The number of aromatic nitrogens is 1. The molecule has 1 aromatic heterocycles. The lowest BCUT2D eigenvalue weighted by atomic mass is 10.2. The Hall–Kier alpha value is -1.38. The van der Waals surface area contributed by atoms with Crippen LogP contribution in [0, 0.1) is 6.92 Å². The van der Waals surface area contributed by atoms with Crippen LogP contribution in [-0.4, -0.2) is 11.1 Å². The lowest BCUT2D eigenvalue weighted by molar-refractivity contribution is -0.702. The van der Waals surface area contributed by atoms with Gasteiger partial charge in [-0.3, -0.25) is 4.79 Å². The zero-order chi connectivity index (χ0) is 10.6. The summed E-state index contributed by atoms with van der Waals surface area (Å²) in [6.07, 6.45) is 3.18. The van der Waals surface area contributed by atoms with E-state index < -0.39 is 5.97 Å². The molecule has 1 N–H and O–H groups in total. The van der Waals surface area contributed by atoms with Gasteiger partial charge >= 0.3 is 5.97 Å². The number of pyridine rings is 1. The molecule has 0 saturated heterocycles. The summed E-state index contributed by atoms with van der Waals surface area (Å²) in [6.45, 7) is 4.63. The largest absolute Gasteiger partial charge is 0.481 e. The molecule has 0 saturated carbocycles. The molecule has 0 fully saturated rings. The van der Waals surface area contributed by atoms with Crippen molar-refractivity contribution in [3.63, 3.8) is 0 Å². The molecule has 76 valence electrons. The van der Waals surface area contributed by atoms with E-state index in [4.69, 9.17) is 5.11 Å². The van der Waals surface area contributed by atoms with Crippen molar-refractivity contribution < 1.29 is 14.5 Å². The van der Waals surface area contributed by atoms with Crippen molar-refractivity contribution in [1.29, 1.82) is 0 Å². The Labute approximate surface area is 84.0 Å². The number of hydrogen-bond donors (Lipinski definition) is 1. The van der Waals surface area contributed by atoms with Crippen molar-refractivity contribution in [3.05, 3.63) is 29.6 Å². The highest BCUT2D eigenvalue weighted by atomic mass is 16.4. The number of aliphatic carboxylic acids is 1. The quantitative estimate of drug-likeness (QED) is 0.734. The van der Waals surface area contributed by atoms with E-state index in [0.717, 1.165) is 12.1 Å². The second kappa shape index (κ2) is 4.74. The van der Waals surface area contributed by atoms with Gasteiger partial charge in [0.15, 0.2) is 18.4 Å². The SMILES string of the molecule is CCc1ccc(C)[n+](CCC(=O)O)c1. The minimum Gasteiger partial charge on any atom is -0.481 e. The summed E-state index contributed by atoms with van der Waals surface area (Å²) in [6, 6.07) is 4.10. The van der Waals surface area contributed by atoms with Crippen molar-refractivity contribution in [3.8, 4) is 0 Å². The molecule has 0 atom stereocenters. The van der Waals surface area contributed by atoms with Gasteiger partial charge in [-0.25, -0.2) is 4.57 Å². The lowest BCUT2D eigenvalue weighted by Crippen LogP contribution is -2.38. The summed E-state index contributed by atoms with van der Waals surface area (Å²) in [5.41, 5.74) is 2.34. The van der Waals surface area contributed by atoms with Gasteiger partial charge in [0.2, 0.25) is 0 Å². The van der Waals surface area contributed by atoms with E-state index in [1.807, 2.05) is 23.8 Å². The summed E-state index contributed by atoms with van der Waals surface area (Å²) in [4.78, 5) is 10.4. The van der Waals surface area contributed by atoms with Crippen LogP contribution < -0.4 is 4.57 Å². The number of carboxylic acid groups (broad SMARTS) is 1. The van der Waals surface area contributed by atoms with Gasteiger partial charge in [0.05, 0.1) is 0 Å². The topological polar surface area (TPSA) is 41.2 Å². The molecule has 3 nitrogen and oxygen atoms in total. The summed E-state index contributed by atoms with van der Waals surface area (Å²) in [7, 11) is 0. The first-order valence-corrected chi connectivity index (χ1v) is 4.84. The second-order valence-electron chi connectivity index (χ2n) is 3.37. The Morgan fingerprint density at radius 3 is 2.79 bits per heavy atom. The van der Waals surface area contributed by atoms with Crippen LogP contribution in [0.5, 0.6) is 0 Å². The average molecular weight is 194 g/mol. The minimum absolute atomic E-state index is 0.179. The number of hydrogen-bond acceptors (Lipinski definition) is 1. The number of carboxylic acids is 1. The summed E-state index contributed by atoms with van der Waals surface area (Å²) < 4.78 is 1.99. The molecule has 0 radical (unpaired) electrons. The van der Waals surface area contributed by atoms with Gasteiger partial charge in [0.1, 0.15) is 6.42 Å². The Bertz CT molecular complexity index is 334. The van der Waals surface area contributed by atoms with Gasteiger partial charge in [-0.05, 0) is 12.5 Å². The monoisotopic (exact) mass is 194 g/mol. The molecule has 0 amide bonds. The standard InChI is InChI=1S/C11H15NO2/c1-3-10-5-4-9(2)12(8-10)7-6-11(13)14/h4-5,8H,3,6-7H2,1-2H3/p+1. The highest BCUT2D eigenvalue weighted by Gasteiger charge is 2.09. The van der Waals surface area contributed by atoms with Gasteiger partial charge in [0, 0.05) is 18.6 Å². The number of rotatable bonds is 4. The second-order valence-corrected chi connectivity index (χ2v) is 3.37. The van der Waals surface area contributed by atoms with Gasteiger partial charge in [-0.1, -0.05) is 6.92 Å². The molecule has 14 heavy (non-hydrogen) atoms. The minimum atomic E-state index is -0.751. The maximum atomic E-state index is 10.4. The smallest absolute Gasteiger partial charge is 0.309 e. The third-order valence-corrected chi connectivity index (χ3v) is 2.29. The van der Waals surface area contributed by atoms with E-state index in [-0.39, 0.29) is 6.42 Å². The van der Waals surface area contributed by atoms with Gasteiger partial charge in [-0.15, -0.1) is 0 Å². The van der Waals surface area contributed by atoms with Crippen LogP contribution in [-0.2, 0) is 17.8 Å². The Morgan fingerprint density at radius 1 is 1.50 bits per heavy atom. The van der Waals surface area contributed by atoms with Crippen molar-refractivity contribution in [2.45, 2.75) is 33.2 Å². The van der Waals surface area contributed by atoms with Crippen LogP contribution in [0.4, 0.5) is 0 Å². The molecule has 0 aliphatic heterocycles. The van der Waals surface area contributed by atoms with Crippen LogP contribution >= 0.6 is 0 Å². The highest BCUT2D eigenvalue weighted by molar-refractivity contribution is 5.66. The molecular weight excluding hydrogens is 178 g/mol. The molecule has 1 heterocycles. The van der Waals surface area contributed by atoms with E-state index >= 15 is 0 Å². The molecule has 1 rings (SSSR count). The number of nitrogens with zero attached hydrogens (tertiary/aromatic N) is 1. The fourth-order valence-electron chi connectivity index (χ4n) is 1.33. The molecule has 0 aromatic carbocycles. The fourth-order valence-corrected chi connectivity index (χ4v) is 1.33. The summed E-state index contributed by atoms with van der Waals surface area (Å²) in [5.74, 6) is -0.751. The van der Waals surface area contributed by atoms with Gasteiger partial charge in [-0.2, -0.15) is 0 Å². The van der Waals surface area contributed by atoms with Crippen LogP contribution in [0.1, 0.15) is 24.6 Å². The van der Waals surface area contributed by atoms with E-state index in [1.165, 1.54) is 5.56 Å². The van der Waals surface area contributed by atoms with E-state index in [9.17, 15) is 4.79 Å². The van der Waals surface area contributed by atoms with E-state index in [1.54, 1.807) is 0 Å². The number of aryl methyl sites for hydroxylation is 3. The first-order valence-electron chi connectivity index (χ1n) is 4.84. The average Bonchev–Trinajstić information content (AvgIpc) is 2.16. The van der Waals surface area contributed by atoms with Crippen LogP contribution in [0.2, 0.25) is 0 Å². The zero-order valence-electron chi connectivity index (χ0n) is 8.66. The van der Waals surface area contributed by atoms with Crippen LogP contribution in [0.15, 0.2) is 18.3 Å². The van der Waals surface area contributed by atoms with E-state index in [2.05, 4.69) is 13.0 Å². The molecule has 1 aromatic rings. The molecule has 0 unspecified atom stereocenters. The third-order valence-electron chi connectivity index (χ3n) is 2.29. The van der Waals surface area contributed by atoms with Crippen molar-refractivity contribution in [1.82, 2.24) is 0 Å². The maximum absolute atomic E-state index is 10.4. The predicted molar refractivity (Wildman–Crippen MR) is 53.0 cm³/mol. The van der Waals surface area contributed by atoms with Gasteiger partial charge in [0.25, 0.3) is 0 Å². The Morgan fingerprint density at radius 2 is 2.21 bits per heavy atom. The van der Waals surface area contributed by atoms with Crippen molar-refractivity contribution in [2.24, 2.45) is 0 Å². The summed E-state index contributed by atoms with van der Waals surface area (Å²) >= 11 is 0. The third kappa shape index (κ3) is 2.83. The van der Waals surface area contributed by atoms with Crippen molar-refractivity contribution >= 4 is 5.97 Å². The van der Waals surface area contributed by atoms with Gasteiger partial charge < -0.3 is 5.11 Å². The van der Waals surface area contributed by atoms with Crippen LogP contribution in [0.3, 0.4) is 0 Å². The first-order chi connectivity index (χ1) is 6.63. The molecule has 0 aliphatic rings. The van der Waals surface area contributed by atoms with Crippen LogP contribution in [0.25, 0.3) is 0 Å².